The largest absolute Gasteiger partial charge is 0.342 e. The Morgan fingerprint density at radius 1 is 1.19 bits per heavy atom. The molecule has 0 aliphatic carbocycles. The molecule has 0 fully saturated rings. The second-order valence-electron chi connectivity index (χ2n) is 4.89. The standard InChI is InChI=1S/C13H28N2O/c1-5-7-15(8-6-2)13(16)12(10-14)9-11(3)4/h11-12H,5-10,14H2,1-4H3. The molecule has 0 saturated heterocycles. The Hall–Kier alpha value is -0.570. The third-order valence-electron chi connectivity index (χ3n) is 2.69. The molecule has 96 valence electrons. The highest BCUT2D eigenvalue weighted by Crippen LogP contribution is 2.14. The van der Waals surface area contributed by atoms with Crippen LogP contribution in [0.15, 0.2) is 0 Å². The van der Waals surface area contributed by atoms with Crippen molar-refractivity contribution in [1.29, 1.82) is 0 Å². The zero-order valence-electron chi connectivity index (χ0n) is 11.3. The number of hydrogen-bond donors (Lipinski definition) is 1. The van der Waals surface area contributed by atoms with E-state index in [1.807, 2.05) is 4.90 Å². The van der Waals surface area contributed by atoms with E-state index >= 15 is 0 Å². The Bertz CT molecular complexity index is 182. The third kappa shape index (κ3) is 5.50. The zero-order valence-corrected chi connectivity index (χ0v) is 11.3. The summed E-state index contributed by atoms with van der Waals surface area (Å²) in [5.41, 5.74) is 5.70. The molecule has 0 aliphatic rings. The van der Waals surface area contributed by atoms with E-state index < -0.39 is 0 Å². The molecule has 1 unspecified atom stereocenters. The summed E-state index contributed by atoms with van der Waals surface area (Å²) >= 11 is 0. The Morgan fingerprint density at radius 3 is 2.00 bits per heavy atom. The predicted molar refractivity (Wildman–Crippen MR) is 69.2 cm³/mol. The lowest BCUT2D eigenvalue weighted by Crippen LogP contribution is -2.40. The van der Waals surface area contributed by atoms with Crippen LogP contribution in [0, 0.1) is 11.8 Å². The summed E-state index contributed by atoms with van der Waals surface area (Å²) in [5.74, 6) is 0.792. The minimum atomic E-state index is 0.0121. The normalized spacial score (nSPS) is 12.9. The molecule has 0 aromatic heterocycles. The molecule has 0 radical (unpaired) electrons. The number of nitrogens with two attached hydrogens (primary N) is 1. The molecule has 3 heteroatoms. The van der Waals surface area contributed by atoms with E-state index in [2.05, 4.69) is 27.7 Å². The van der Waals surface area contributed by atoms with Crippen LogP contribution in [0.5, 0.6) is 0 Å². The minimum absolute atomic E-state index is 0.0121. The van der Waals surface area contributed by atoms with Crippen LogP contribution in [0.2, 0.25) is 0 Å². The van der Waals surface area contributed by atoms with Gasteiger partial charge in [-0.2, -0.15) is 0 Å². The molecule has 0 saturated carbocycles. The Kier molecular flexibility index (Phi) is 8.26. The molecule has 1 atom stereocenters. The van der Waals surface area contributed by atoms with Gasteiger partial charge in [0.15, 0.2) is 0 Å². The number of nitrogens with zero attached hydrogens (tertiary/aromatic N) is 1. The van der Waals surface area contributed by atoms with Gasteiger partial charge in [-0.1, -0.05) is 27.7 Å². The molecule has 0 aromatic carbocycles. The van der Waals surface area contributed by atoms with Gasteiger partial charge in [0.25, 0.3) is 0 Å². The highest BCUT2D eigenvalue weighted by molar-refractivity contribution is 5.79. The predicted octanol–water partition coefficient (Wildman–Crippen LogP) is 2.26. The number of rotatable bonds is 8. The lowest BCUT2D eigenvalue weighted by molar-refractivity contribution is -0.135. The summed E-state index contributed by atoms with van der Waals surface area (Å²) in [6, 6.07) is 0. The fourth-order valence-corrected chi connectivity index (χ4v) is 2.00. The summed E-state index contributed by atoms with van der Waals surface area (Å²) in [6.45, 7) is 10.7. The van der Waals surface area contributed by atoms with E-state index in [0.717, 1.165) is 32.4 Å². The lowest BCUT2D eigenvalue weighted by atomic mass is 9.95. The topological polar surface area (TPSA) is 46.3 Å². The monoisotopic (exact) mass is 228 g/mol. The van der Waals surface area contributed by atoms with Crippen LogP contribution in [-0.4, -0.2) is 30.4 Å². The Morgan fingerprint density at radius 2 is 1.69 bits per heavy atom. The van der Waals surface area contributed by atoms with Gasteiger partial charge in [0.05, 0.1) is 5.92 Å². The molecule has 1 amide bonds. The van der Waals surface area contributed by atoms with E-state index in [4.69, 9.17) is 5.73 Å². The van der Waals surface area contributed by atoms with Crippen LogP contribution >= 0.6 is 0 Å². The Balaban J connectivity index is 4.41. The molecular formula is C13H28N2O. The van der Waals surface area contributed by atoms with Crippen molar-refractivity contribution >= 4 is 5.91 Å². The van der Waals surface area contributed by atoms with Crippen LogP contribution in [0.1, 0.15) is 47.0 Å². The molecule has 0 aromatic rings. The van der Waals surface area contributed by atoms with Crippen molar-refractivity contribution < 1.29 is 4.79 Å². The highest BCUT2D eigenvalue weighted by Gasteiger charge is 2.22. The maximum absolute atomic E-state index is 12.2. The number of carbonyl (C=O) groups is 1. The van der Waals surface area contributed by atoms with Crippen molar-refractivity contribution in [2.45, 2.75) is 47.0 Å². The summed E-state index contributed by atoms with van der Waals surface area (Å²) in [4.78, 5) is 14.2. The molecule has 0 bridgehead atoms. The highest BCUT2D eigenvalue weighted by atomic mass is 16.2. The average molecular weight is 228 g/mol. The molecule has 16 heavy (non-hydrogen) atoms. The van der Waals surface area contributed by atoms with Crippen molar-refractivity contribution in [2.75, 3.05) is 19.6 Å². The maximum atomic E-state index is 12.2. The smallest absolute Gasteiger partial charge is 0.226 e. The van der Waals surface area contributed by atoms with Crippen LogP contribution in [0.3, 0.4) is 0 Å². The van der Waals surface area contributed by atoms with Crippen LogP contribution in [0.4, 0.5) is 0 Å². The van der Waals surface area contributed by atoms with Gasteiger partial charge in [-0.15, -0.1) is 0 Å². The SMILES string of the molecule is CCCN(CCC)C(=O)C(CN)CC(C)C. The molecule has 0 heterocycles. The fourth-order valence-electron chi connectivity index (χ4n) is 2.00. The van der Waals surface area contributed by atoms with Crippen LogP contribution < -0.4 is 5.73 Å². The molecule has 3 nitrogen and oxygen atoms in total. The summed E-state index contributed by atoms with van der Waals surface area (Å²) in [5, 5.41) is 0. The summed E-state index contributed by atoms with van der Waals surface area (Å²) < 4.78 is 0. The average Bonchev–Trinajstić information content (AvgIpc) is 2.24. The van der Waals surface area contributed by atoms with Gasteiger partial charge in [0.2, 0.25) is 5.91 Å². The first kappa shape index (κ1) is 15.4. The van der Waals surface area contributed by atoms with Gasteiger partial charge in [-0.05, 0) is 25.2 Å². The molecular weight excluding hydrogens is 200 g/mol. The summed E-state index contributed by atoms with van der Waals surface area (Å²) in [7, 11) is 0. The van der Waals surface area contributed by atoms with E-state index in [0.29, 0.717) is 12.5 Å². The molecule has 0 rings (SSSR count). The van der Waals surface area contributed by atoms with Gasteiger partial charge in [-0.3, -0.25) is 4.79 Å². The van der Waals surface area contributed by atoms with Gasteiger partial charge < -0.3 is 10.6 Å². The maximum Gasteiger partial charge on any atom is 0.226 e. The third-order valence-corrected chi connectivity index (χ3v) is 2.69. The second kappa shape index (κ2) is 8.57. The van der Waals surface area contributed by atoms with Crippen LogP contribution in [0.25, 0.3) is 0 Å². The molecule has 0 aliphatic heterocycles. The van der Waals surface area contributed by atoms with Crippen molar-refractivity contribution in [1.82, 2.24) is 4.90 Å². The fraction of sp³-hybridized carbons (Fsp3) is 0.923. The van der Waals surface area contributed by atoms with Crippen LogP contribution in [-0.2, 0) is 4.79 Å². The second-order valence-corrected chi connectivity index (χ2v) is 4.89. The number of hydrogen-bond acceptors (Lipinski definition) is 2. The van der Waals surface area contributed by atoms with E-state index in [-0.39, 0.29) is 11.8 Å². The van der Waals surface area contributed by atoms with E-state index in [9.17, 15) is 4.79 Å². The molecule has 0 spiro atoms. The van der Waals surface area contributed by atoms with Crippen molar-refractivity contribution in [3.05, 3.63) is 0 Å². The van der Waals surface area contributed by atoms with Crippen molar-refractivity contribution in [3.63, 3.8) is 0 Å². The van der Waals surface area contributed by atoms with Gasteiger partial charge in [0, 0.05) is 19.6 Å². The Labute approximate surface area is 100 Å². The van der Waals surface area contributed by atoms with E-state index in [1.54, 1.807) is 0 Å². The molecule has 2 N–H and O–H groups in total. The first-order valence-corrected chi connectivity index (χ1v) is 6.55. The van der Waals surface area contributed by atoms with Gasteiger partial charge in [-0.25, -0.2) is 0 Å². The minimum Gasteiger partial charge on any atom is -0.342 e. The van der Waals surface area contributed by atoms with Crippen molar-refractivity contribution in [3.8, 4) is 0 Å². The number of carbonyl (C=O) groups excluding carboxylic acids is 1. The van der Waals surface area contributed by atoms with E-state index in [1.165, 1.54) is 0 Å². The quantitative estimate of drug-likeness (QED) is 0.692. The zero-order chi connectivity index (χ0) is 12.6. The number of amides is 1. The van der Waals surface area contributed by atoms with Gasteiger partial charge >= 0.3 is 0 Å². The first-order valence-electron chi connectivity index (χ1n) is 6.55. The van der Waals surface area contributed by atoms with Crippen molar-refractivity contribution in [2.24, 2.45) is 17.6 Å². The first-order chi connectivity index (χ1) is 7.56. The summed E-state index contributed by atoms with van der Waals surface area (Å²) in [6.07, 6.45) is 2.94. The van der Waals surface area contributed by atoms with Gasteiger partial charge in [0.1, 0.15) is 0 Å². The lowest BCUT2D eigenvalue weighted by Gasteiger charge is -2.27.